The van der Waals surface area contributed by atoms with E-state index in [1.807, 2.05) is 0 Å². The van der Waals surface area contributed by atoms with Crippen LogP contribution >= 0.6 is 0 Å². The van der Waals surface area contributed by atoms with E-state index in [0.29, 0.717) is 5.92 Å². The molecule has 1 aromatic rings. The van der Waals surface area contributed by atoms with Gasteiger partial charge in [-0.3, -0.25) is 0 Å². The summed E-state index contributed by atoms with van der Waals surface area (Å²) in [5, 5.41) is 0. The van der Waals surface area contributed by atoms with E-state index in [-0.39, 0.29) is 0 Å². The van der Waals surface area contributed by atoms with Crippen LogP contribution in [0.15, 0.2) is 34.3 Å². The Morgan fingerprint density at radius 2 is 1.10 bits per heavy atom. The molecular weight excluding hydrogens is 352 g/mol. The van der Waals surface area contributed by atoms with Crippen molar-refractivity contribution < 1.29 is 0 Å². The van der Waals surface area contributed by atoms with E-state index in [9.17, 15) is 0 Å². The van der Waals surface area contributed by atoms with Gasteiger partial charge >= 0.3 is 0 Å². The topological polar surface area (TPSA) is 24.7 Å². The lowest BCUT2D eigenvalue weighted by atomic mass is 9.93. The number of rotatable bonds is 17. The smallest absolute Gasteiger partial charge is 0.147 e. The van der Waals surface area contributed by atoms with Gasteiger partial charge in [0.05, 0.1) is 0 Å². The molecule has 160 valence electrons. The molecule has 2 nitrogen and oxygen atoms in total. The fourth-order valence-electron chi connectivity index (χ4n) is 4.16. The summed E-state index contributed by atoms with van der Waals surface area (Å²) in [7, 11) is 0. The average molecular weight is 396 g/mol. The summed E-state index contributed by atoms with van der Waals surface area (Å²) in [5.41, 5.74) is 2.55. The highest BCUT2D eigenvalue weighted by Gasteiger charge is 2.18. The Bertz CT molecular complexity index is 561. The van der Waals surface area contributed by atoms with E-state index in [2.05, 4.69) is 48.1 Å². The molecule has 0 saturated heterocycles. The normalized spacial score (nSPS) is 14.1. The third-order valence-electron chi connectivity index (χ3n) is 6.19. The van der Waals surface area contributed by atoms with Crippen molar-refractivity contribution in [3.8, 4) is 0 Å². The van der Waals surface area contributed by atoms with Gasteiger partial charge < -0.3 is 0 Å². The molecule has 1 aliphatic rings. The van der Waals surface area contributed by atoms with Crippen molar-refractivity contribution in [1.82, 2.24) is 0 Å². The third-order valence-corrected chi connectivity index (χ3v) is 6.19. The molecule has 2 heteroatoms. The van der Waals surface area contributed by atoms with E-state index < -0.39 is 0 Å². The number of hydrogen-bond donors (Lipinski definition) is 0. The predicted octanol–water partition coefficient (Wildman–Crippen LogP) is 8.65. The summed E-state index contributed by atoms with van der Waals surface area (Å²) in [6.45, 7) is 4.65. The summed E-state index contributed by atoms with van der Waals surface area (Å²) in [5.74, 6) is 0.641. The van der Waals surface area contributed by atoms with Crippen molar-refractivity contribution in [2.45, 2.75) is 116 Å². The van der Waals surface area contributed by atoms with E-state index in [1.54, 1.807) is 12.4 Å². The largest absolute Gasteiger partial charge is 0.243 e. The highest BCUT2D eigenvalue weighted by Crippen LogP contribution is 2.26. The minimum Gasteiger partial charge on any atom is -0.147 e. The molecule has 0 aromatic heterocycles. The van der Waals surface area contributed by atoms with E-state index in [1.165, 1.54) is 102 Å². The van der Waals surface area contributed by atoms with Crippen LogP contribution in [0.25, 0.3) is 0 Å². The fourth-order valence-corrected chi connectivity index (χ4v) is 4.16. The quantitative estimate of drug-likeness (QED) is 0.186. The van der Waals surface area contributed by atoms with Gasteiger partial charge in [-0.05, 0) is 30.0 Å². The Labute approximate surface area is 180 Å². The number of hydrogen-bond acceptors (Lipinski definition) is 2. The molecule has 0 saturated carbocycles. The van der Waals surface area contributed by atoms with E-state index in [0.717, 1.165) is 11.7 Å². The van der Waals surface area contributed by atoms with Crippen LogP contribution < -0.4 is 0 Å². The van der Waals surface area contributed by atoms with Gasteiger partial charge in [0.15, 0.2) is 0 Å². The minimum absolute atomic E-state index is 0.641. The maximum absolute atomic E-state index is 4.27. The standard InChI is InChI=1S/C27H43N2/c1-3-4-5-6-7-8-9-10-11-12-13-14-15-16-17-24(2)25-18-20-26(21-19-25)27-28-22-23-29-27/h18-24H,3-17H2,1-2H3/q+1. The Kier molecular flexibility index (Phi) is 12.5. The molecule has 0 N–H and O–H groups in total. The molecule has 0 fully saturated rings. The molecule has 1 atom stereocenters. The van der Waals surface area contributed by atoms with Crippen LogP contribution in [0.1, 0.15) is 127 Å². The zero-order valence-electron chi connectivity index (χ0n) is 19.0. The van der Waals surface area contributed by atoms with Crippen molar-refractivity contribution in [2.75, 3.05) is 0 Å². The van der Waals surface area contributed by atoms with Crippen molar-refractivity contribution >= 4 is 12.4 Å². The van der Waals surface area contributed by atoms with Crippen LogP contribution in [0.3, 0.4) is 0 Å². The lowest BCUT2D eigenvalue weighted by molar-refractivity contribution is 0.524. The molecule has 1 unspecified atom stereocenters. The molecule has 2 rings (SSSR count). The first-order valence-electron chi connectivity index (χ1n) is 12.3. The summed E-state index contributed by atoms with van der Waals surface area (Å²) in [4.78, 5) is 8.54. The summed E-state index contributed by atoms with van der Waals surface area (Å²) >= 11 is 0. The van der Waals surface area contributed by atoms with Gasteiger partial charge in [0, 0.05) is 12.1 Å². The van der Waals surface area contributed by atoms with E-state index >= 15 is 0 Å². The van der Waals surface area contributed by atoms with Gasteiger partial charge in [-0.15, -0.1) is 9.98 Å². The molecular formula is C27H43N2+. The maximum atomic E-state index is 4.27. The number of unbranched alkanes of at least 4 members (excludes halogenated alkanes) is 13. The van der Waals surface area contributed by atoms with Crippen molar-refractivity contribution in [3.63, 3.8) is 0 Å². The van der Waals surface area contributed by atoms with Crippen LogP contribution in [0.5, 0.6) is 0 Å². The Morgan fingerprint density at radius 3 is 1.59 bits per heavy atom. The summed E-state index contributed by atoms with van der Waals surface area (Å²) in [6, 6.07) is 8.82. The van der Waals surface area contributed by atoms with Gasteiger partial charge in [-0.25, -0.2) is 0 Å². The van der Waals surface area contributed by atoms with Crippen molar-refractivity contribution in [1.29, 1.82) is 0 Å². The second-order valence-electron chi connectivity index (χ2n) is 8.79. The van der Waals surface area contributed by atoms with Gasteiger partial charge in [0.2, 0.25) is 6.17 Å². The van der Waals surface area contributed by atoms with Crippen LogP contribution in [-0.4, -0.2) is 12.4 Å². The van der Waals surface area contributed by atoms with Gasteiger partial charge in [-0.2, -0.15) is 0 Å². The summed E-state index contributed by atoms with van der Waals surface area (Å²) in [6.07, 6.45) is 25.6. The zero-order valence-corrected chi connectivity index (χ0v) is 19.0. The summed E-state index contributed by atoms with van der Waals surface area (Å²) < 4.78 is 0. The lowest BCUT2D eigenvalue weighted by Gasteiger charge is -2.11. The first-order valence-corrected chi connectivity index (χ1v) is 12.3. The molecule has 1 aliphatic heterocycles. The molecule has 0 aliphatic carbocycles. The molecule has 0 spiro atoms. The SMILES string of the molecule is CCCCCCCCCCCCCCCCC(C)c1ccc([C+]2N=CC=N2)cc1. The predicted molar refractivity (Wildman–Crippen MR) is 129 cm³/mol. The monoisotopic (exact) mass is 395 g/mol. The van der Waals surface area contributed by atoms with Crippen LogP contribution in [0.4, 0.5) is 0 Å². The first kappa shape index (κ1) is 23.7. The fraction of sp³-hybridized carbons (Fsp3) is 0.667. The zero-order chi connectivity index (χ0) is 20.6. The Morgan fingerprint density at radius 1 is 0.655 bits per heavy atom. The molecule has 29 heavy (non-hydrogen) atoms. The van der Waals surface area contributed by atoms with Gasteiger partial charge in [-0.1, -0.05) is 104 Å². The molecule has 0 amide bonds. The lowest BCUT2D eigenvalue weighted by Crippen LogP contribution is -1.96. The minimum atomic E-state index is 0.641. The third kappa shape index (κ3) is 10.1. The van der Waals surface area contributed by atoms with Gasteiger partial charge in [0.1, 0.15) is 18.0 Å². The molecule has 1 aromatic carbocycles. The number of nitrogens with zero attached hydrogens (tertiary/aromatic N) is 2. The van der Waals surface area contributed by atoms with Gasteiger partial charge in [0.25, 0.3) is 0 Å². The first-order chi connectivity index (χ1) is 14.3. The van der Waals surface area contributed by atoms with Crippen molar-refractivity contribution in [3.05, 3.63) is 41.6 Å². The second kappa shape index (κ2) is 15.3. The van der Waals surface area contributed by atoms with Crippen LogP contribution in [0.2, 0.25) is 0 Å². The Balaban J connectivity index is 1.41. The highest BCUT2D eigenvalue weighted by atomic mass is 15.0. The number of aliphatic imine (C=N–C) groups is 2. The molecule has 0 radical (unpaired) electrons. The number of benzene rings is 1. The molecule has 1 heterocycles. The molecule has 0 bridgehead atoms. The Hall–Kier alpha value is -1.57. The van der Waals surface area contributed by atoms with Crippen LogP contribution in [-0.2, 0) is 0 Å². The second-order valence-corrected chi connectivity index (χ2v) is 8.79. The van der Waals surface area contributed by atoms with Crippen LogP contribution in [0, 0.1) is 6.17 Å². The van der Waals surface area contributed by atoms with Crippen molar-refractivity contribution in [2.24, 2.45) is 9.98 Å². The maximum Gasteiger partial charge on any atom is 0.243 e. The average Bonchev–Trinajstić information content (AvgIpc) is 3.29. The highest BCUT2D eigenvalue weighted by molar-refractivity contribution is 6.18. The van der Waals surface area contributed by atoms with E-state index in [4.69, 9.17) is 0 Å².